The van der Waals surface area contributed by atoms with Gasteiger partial charge in [-0.2, -0.15) is 0 Å². The first-order chi connectivity index (χ1) is 5.72. The van der Waals surface area contributed by atoms with Gasteiger partial charge in [0.1, 0.15) is 5.75 Å². The third-order valence-electron chi connectivity index (χ3n) is 1.56. The monoisotopic (exact) mass is 170 g/mol. The first-order valence-corrected chi connectivity index (χ1v) is 3.67. The van der Waals surface area contributed by atoms with Crippen molar-refractivity contribution >= 4 is 0 Å². The second-order valence-electron chi connectivity index (χ2n) is 2.49. The lowest BCUT2D eigenvalue weighted by atomic mass is 10.1. The predicted molar refractivity (Wildman–Crippen MR) is 43.8 cm³/mol. The number of rotatable bonds is 3. The molecule has 0 saturated heterocycles. The van der Waals surface area contributed by atoms with E-state index in [0.29, 0.717) is 0 Å². The largest absolute Gasteiger partial charge is 0.497 e. The van der Waals surface area contributed by atoms with Crippen LogP contribution in [-0.4, -0.2) is 18.6 Å². The molecule has 1 rings (SSSR count). The van der Waals surface area contributed by atoms with Crippen molar-refractivity contribution in [1.82, 2.24) is 0 Å². The highest BCUT2D eigenvalue weighted by Gasteiger charge is 2.01. The molecule has 12 heavy (non-hydrogen) atoms. The Hall–Kier alpha value is -1.09. The summed E-state index contributed by atoms with van der Waals surface area (Å²) in [5, 5.41) is 8.43. The average molecular weight is 170 g/mol. The summed E-state index contributed by atoms with van der Waals surface area (Å²) in [5.74, 6) is 0.729. The van der Waals surface area contributed by atoms with Gasteiger partial charge in [-0.25, -0.2) is 4.39 Å². The van der Waals surface area contributed by atoms with Crippen molar-refractivity contribution in [3.63, 3.8) is 0 Å². The third-order valence-corrected chi connectivity index (χ3v) is 1.56. The molecule has 0 amide bonds. The molecule has 0 unspecified atom stereocenters. The molecule has 1 aromatic rings. The van der Waals surface area contributed by atoms with Crippen LogP contribution in [0.25, 0.3) is 0 Å². The Labute approximate surface area is 70.6 Å². The van der Waals surface area contributed by atoms with E-state index in [2.05, 4.69) is 0 Å². The minimum atomic E-state index is -1.78. The fourth-order valence-electron chi connectivity index (χ4n) is 0.956. The maximum Gasteiger partial charge on any atom is 0.200 e. The summed E-state index contributed by atoms with van der Waals surface area (Å²) < 4.78 is 17.0. The number of aliphatic hydroxyl groups is 1. The Kier molecular flexibility index (Phi) is 3.05. The van der Waals surface area contributed by atoms with Gasteiger partial charge in [0.2, 0.25) is 0 Å². The lowest BCUT2D eigenvalue weighted by molar-refractivity contribution is 0.0430. The van der Waals surface area contributed by atoms with E-state index in [4.69, 9.17) is 9.84 Å². The van der Waals surface area contributed by atoms with E-state index < -0.39 is 6.36 Å². The summed E-state index contributed by atoms with van der Waals surface area (Å²) in [6.45, 7) is 0. The van der Waals surface area contributed by atoms with Crippen molar-refractivity contribution in [2.75, 3.05) is 7.11 Å². The maximum atomic E-state index is 12.1. The second kappa shape index (κ2) is 4.07. The van der Waals surface area contributed by atoms with Crippen LogP contribution in [0.5, 0.6) is 5.75 Å². The fraction of sp³-hybridized carbons (Fsp3) is 0.333. The molecule has 2 nitrogen and oxygen atoms in total. The van der Waals surface area contributed by atoms with Crippen molar-refractivity contribution in [3.8, 4) is 5.75 Å². The Morgan fingerprint density at radius 1 is 1.42 bits per heavy atom. The number of hydrogen-bond acceptors (Lipinski definition) is 2. The van der Waals surface area contributed by atoms with E-state index in [0.717, 1.165) is 11.3 Å². The van der Waals surface area contributed by atoms with Gasteiger partial charge in [0.15, 0.2) is 6.36 Å². The Bertz CT molecular complexity index is 231. The van der Waals surface area contributed by atoms with Gasteiger partial charge in [-0.3, -0.25) is 0 Å². The van der Waals surface area contributed by atoms with Crippen LogP contribution in [0.1, 0.15) is 5.56 Å². The Balaban J connectivity index is 2.65. The number of hydrogen-bond donors (Lipinski definition) is 1. The Morgan fingerprint density at radius 2 is 2.00 bits per heavy atom. The molecule has 0 bridgehead atoms. The molecule has 0 aromatic heterocycles. The van der Waals surface area contributed by atoms with E-state index in [1.165, 1.54) is 0 Å². The maximum absolute atomic E-state index is 12.1. The normalized spacial score (nSPS) is 12.6. The molecule has 0 aliphatic heterocycles. The van der Waals surface area contributed by atoms with Gasteiger partial charge in [0, 0.05) is 6.42 Å². The van der Waals surface area contributed by atoms with Crippen LogP contribution in [0.4, 0.5) is 4.39 Å². The average Bonchev–Trinajstić information content (AvgIpc) is 2.05. The molecule has 0 heterocycles. The molecule has 0 aliphatic rings. The summed E-state index contributed by atoms with van der Waals surface area (Å²) in [5.41, 5.74) is 0.755. The van der Waals surface area contributed by atoms with Gasteiger partial charge < -0.3 is 9.84 Å². The topological polar surface area (TPSA) is 29.5 Å². The van der Waals surface area contributed by atoms with Crippen LogP contribution in [-0.2, 0) is 6.42 Å². The van der Waals surface area contributed by atoms with E-state index in [-0.39, 0.29) is 6.42 Å². The molecule has 0 fully saturated rings. The van der Waals surface area contributed by atoms with Gasteiger partial charge in [-0.05, 0) is 17.7 Å². The lowest BCUT2D eigenvalue weighted by Gasteiger charge is -2.02. The Morgan fingerprint density at radius 3 is 2.42 bits per heavy atom. The van der Waals surface area contributed by atoms with Crippen LogP contribution in [0.3, 0.4) is 0 Å². The van der Waals surface area contributed by atoms with E-state index >= 15 is 0 Å². The molecule has 0 saturated carbocycles. The zero-order valence-corrected chi connectivity index (χ0v) is 6.83. The van der Waals surface area contributed by atoms with Crippen molar-refractivity contribution < 1.29 is 14.2 Å². The number of halogens is 1. The first-order valence-electron chi connectivity index (χ1n) is 3.67. The van der Waals surface area contributed by atoms with Gasteiger partial charge in [0.05, 0.1) is 7.11 Å². The number of benzene rings is 1. The van der Waals surface area contributed by atoms with Crippen LogP contribution >= 0.6 is 0 Å². The second-order valence-corrected chi connectivity index (χ2v) is 2.49. The summed E-state index contributed by atoms with van der Waals surface area (Å²) in [6, 6.07) is 6.92. The van der Waals surface area contributed by atoms with Crippen LogP contribution in [0.15, 0.2) is 24.3 Å². The fourth-order valence-corrected chi connectivity index (χ4v) is 0.956. The van der Waals surface area contributed by atoms with E-state index in [1.54, 1.807) is 31.4 Å². The molecular weight excluding hydrogens is 159 g/mol. The van der Waals surface area contributed by atoms with Crippen molar-refractivity contribution in [2.24, 2.45) is 0 Å². The van der Waals surface area contributed by atoms with Crippen molar-refractivity contribution in [2.45, 2.75) is 12.8 Å². The quantitative estimate of drug-likeness (QED) is 0.745. The van der Waals surface area contributed by atoms with Crippen LogP contribution < -0.4 is 4.74 Å². The minimum absolute atomic E-state index is 0.0317. The number of aliphatic hydroxyl groups excluding tert-OH is 1. The molecule has 66 valence electrons. The highest BCUT2D eigenvalue weighted by Crippen LogP contribution is 2.12. The highest BCUT2D eigenvalue weighted by atomic mass is 19.1. The third kappa shape index (κ3) is 2.51. The summed E-state index contributed by atoms with van der Waals surface area (Å²) in [7, 11) is 1.57. The van der Waals surface area contributed by atoms with Crippen LogP contribution in [0, 0.1) is 0 Å². The smallest absolute Gasteiger partial charge is 0.200 e. The highest BCUT2D eigenvalue weighted by molar-refractivity contribution is 5.27. The molecule has 0 radical (unpaired) electrons. The van der Waals surface area contributed by atoms with Crippen molar-refractivity contribution in [3.05, 3.63) is 29.8 Å². The molecule has 1 atom stereocenters. The van der Waals surface area contributed by atoms with Gasteiger partial charge in [0.25, 0.3) is 0 Å². The molecule has 1 N–H and O–H groups in total. The van der Waals surface area contributed by atoms with Gasteiger partial charge >= 0.3 is 0 Å². The number of methoxy groups -OCH3 is 1. The van der Waals surface area contributed by atoms with Crippen molar-refractivity contribution in [1.29, 1.82) is 0 Å². The predicted octanol–water partition coefficient (Wildman–Crippen LogP) is 1.53. The summed E-state index contributed by atoms with van der Waals surface area (Å²) in [6.07, 6.45) is -1.75. The number of alkyl halides is 1. The van der Waals surface area contributed by atoms with Gasteiger partial charge in [-0.15, -0.1) is 0 Å². The zero-order valence-electron chi connectivity index (χ0n) is 6.83. The zero-order chi connectivity index (χ0) is 8.97. The van der Waals surface area contributed by atoms with E-state index in [1.807, 2.05) is 0 Å². The minimum Gasteiger partial charge on any atom is -0.497 e. The lowest BCUT2D eigenvalue weighted by Crippen LogP contribution is -2.01. The van der Waals surface area contributed by atoms with E-state index in [9.17, 15) is 4.39 Å². The number of ether oxygens (including phenoxy) is 1. The SMILES string of the molecule is COc1ccc(C[C@H](O)F)cc1. The standard InChI is InChI=1S/C9H11FO2/c1-12-8-4-2-7(3-5-8)6-9(10)11/h2-5,9,11H,6H2,1H3/t9-/m0/s1. The molecule has 3 heteroatoms. The summed E-state index contributed by atoms with van der Waals surface area (Å²) >= 11 is 0. The molecule has 0 aliphatic carbocycles. The van der Waals surface area contributed by atoms with Gasteiger partial charge in [-0.1, -0.05) is 12.1 Å². The van der Waals surface area contributed by atoms with Crippen LogP contribution in [0.2, 0.25) is 0 Å². The first kappa shape index (κ1) is 9.00. The molecule has 1 aromatic carbocycles. The summed E-state index contributed by atoms with van der Waals surface area (Å²) in [4.78, 5) is 0. The molecule has 0 spiro atoms. The molecular formula is C9H11FO2.